The highest BCUT2D eigenvalue weighted by molar-refractivity contribution is 14.1. The molecule has 0 aliphatic carbocycles. The molecule has 0 amide bonds. The van der Waals surface area contributed by atoms with Gasteiger partial charge in [0.1, 0.15) is 0 Å². The number of ether oxygens (including phenoxy) is 1. The molecule has 0 bridgehead atoms. The van der Waals surface area contributed by atoms with E-state index in [-0.39, 0.29) is 13.2 Å². The number of anilines is 1. The van der Waals surface area contributed by atoms with Crippen LogP contribution in [-0.2, 0) is 4.74 Å². The SMILES string of the molecule is COC(=O)c1cc(I)c(C)cc1NCC(O)CO. The molecule has 1 rings (SSSR count). The Bertz CT molecular complexity index is 436. The summed E-state index contributed by atoms with van der Waals surface area (Å²) < 4.78 is 5.67. The van der Waals surface area contributed by atoms with Crippen LogP contribution in [0.15, 0.2) is 12.1 Å². The molecular formula is C12H16INO4. The lowest BCUT2D eigenvalue weighted by Gasteiger charge is -2.14. The number of methoxy groups -OCH3 is 1. The summed E-state index contributed by atoms with van der Waals surface area (Å²) in [6, 6.07) is 3.55. The van der Waals surface area contributed by atoms with E-state index in [1.807, 2.05) is 13.0 Å². The largest absolute Gasteiger partial charge is 0.465 e. The van der Waals surface area contributed by atoms with Crippen LogP contribution in [0.5, 0.6) is 0 Å². The number of halogens is 1. The van der Waals surface area contributed by atoms with Gasteiger partial charge in [0.15, 0.2) is 0 Å². The Kier molecular flexibility index (Phi) is 5.83. The third-order valence-corrected chi connectivity index (χ3v) is 3.61. The van der Waals surface area contributed by atoms with Crippen LogP contribution >= 0.6 is 22.6 Å². The van der Waals surface area contributed by atoms with Crippen molar-refractivity contribution in [2.45, 2.75) is 13.0 Å². The lowest BCUT2D eigenvalue weighted by Crippen LogP contribution is -2.24. The van der Waals surface area contributed by atoms with Gasteiger partial charge in [-0.1, -0.05) is 0 Å². The maximum absolute atomic E-state index is 11.6. The number of nitrogens with one attached hydrogen (secondary N) is 1. The normalized spacial score (nSPS) is 12.1. The second kappa shape index (κ2) is 6.91. The van der Waals surface area contributed by atoms with E-state index >= 15 is 0 Å². The number of aliphatic hydroxyl groups excluding tert-OH is 2. The van der Waals surface area contributed by atoms with E-state index in [0.717, 1.165) is 9.13 Å². The molecule has 0 aliphatic heterocycles. The summed E-state index contributed by atoms with van der Waals surface area (Å²) in [6.45, 7) is 1.76. The van der Waals surface area contributed by atoms with Crippen LogP contribution < -0.4 is 5.32 Å². The highest BCUT2D eigenvalue weighted by Crippen LogP contribution is 2.23. The van der Waals surface area contributed by atoms with Gasteiger partial charge in [0.25, 0.3) is 0 Å². The van der Waals surface area contributed by atoms with Crippen molar-refractivity contribution in [3.63, 3.8) is 0 Å². The molecule has 1 atom stereocenters. The summed E-state index contributed by atoms with van der Waals surface area (Å²) >= 11 is 2.14. The Labute approximate surface area is 119 Å². The van der Waals surface area contributed by atoms with Crippen LogP contribution in [0.3, 0.4) is 0 Å². The molecule has 0 saturated heterocycles. The number of aryl methyl sites for hydroxylation is 1. The van der Waals surface area contributed by atoms with Gasteiger partial charge in [-0.05, 0) is 47.2 Å². The highest BCUT2D eigenvalue weighted by Gasteiger charge is 2.14. The van der Waals surface area contributed by atoms with E-state index < -0.39 is 12.1 Å². The zero-order chi connectivity index (χ0) is 13.7. The van der Waals surface area contributed by atoms with Crippen LogP contribution in [0.25, 0.3) is 0 Å². The molecule has 0 fully saturated rings. The van der Waals surface area contributed by atoms with Gasteiger partial charge in [0.2, 0.25) is 0 Å². The molecule has 1 unspecified atom stereocenters. The Balaban J connectivity index is 3.00. The molecule has 18 heavy (non-hydrogen) atoms. The van der Waals surface area contributed by atoms with Gasteiger partial charge < -0.3 is 20.3 Å². The minimum Gasteiger partial charge on any atom is -0.465 e. The number of rotatable bonds is 5. The lowest BCUT2D eigenvalue weighted by atomic mass is 10.1. The minimum atomic E-state index is -0.866. The molecule has 0 saturated carbocycles. The Hall–Kier alpha value is -0.860. The molecular weight excluding hydrogens is 349 g/mol. The van der Waals surface area contributed by atoms with Crippen molar-refractivity contribution in [2.75, 3.05) is 25.6 Å². The van der Waals surface area contributed by atoms with Crippen molar-refractivity contribution >= 4 is 34.2 Å². The number of hydrogen-bond donors (Lipinski definition) is 3. The van der Waals surface area contributed by atoms with Gasteiger partial charge in [-0.3, -0.25) is 0 Å². The maximum atomic E-state index is 11.6. The topological polar surface area (TPSA) is 78.8 Å². The smallest absolute Gasteiger partial charge is 0.339 e. The third kappa shape index (κ3) is 3.82. The zero-order valence-electron chi connectivity index (χ0n) is 10.2. The Morgan fingerprint density at radius 1 is 1.56 bits per heavy atom. The van der Waals surface area contributed by atoms with Crippen molar-refractivity contribution < 1.29 is 19.7 Å². The molecule has 3 N–H and O–H groups in total. The molecule has 6 heteroatoms. The standard InChI is InChI=1S/C12H16INO4/c1-7-3-11(14-5-8(16)6-15)9(4-10(7)13)12(17)18-2/h3-4,8,14-16H,5-6H2,1-2H3. The summed E-state index contributed by atoms with van der Waals surface area (Å²) in [4.78, 5) is 11.6. The first kappa shape index (κ1) is 15.2. The second-order valence-corrected chi connectivity index (χ2v) is 5.02. The summed E-state index contributed by atoms with van der Waals surface area (Å²) in [5, 5.41) is 21.0. The van der Waals surface area contributed by atoms with Gasteiger partial charge in [0, 0.05) is 15.8 Å². The second-order valence-electron chi connectivity index (χ2n) is 3.86. The van der Waals surface area contributed by atoms with E-state index in [2.05, 4.69) is 27.9 Å². The predicted octanol–water partition coefficient (Wildman–Crippen LogP) is 1.15. The van der Waals surface area contributed by atoms with E-state index in [4.69, 9.17) is 9.84 Å². The first-order valence-electron chi connectivity index (χ1n) is 5.40. The van der Waals surface area contributed by atoms with Gasteiger partial charge in [-0.15, -0.1) is 0 Å². The van der Waals surface area contributed by atoms with Crippen LogP contribution in [0.1, 0.15) is 15.9 Å². The number of carbonyl (C=O) groups excluding carboxylic acids is 1. The first-order chi connectivity index (χ1) is 8.49. The molecule has 100 valence electrons. The number of aliphatic hydroxyl groups is 2. The fourth-order valence-corrected chi connectivity index (χ4v) is 1.87. The summed E-state index contributed by atoms with van der Waals surface area (Å²) in [5.74, 6) is -0.436. The monoisotopic (exact) mass is 365 g/mol. The van der Waals surface area contributed by atoms with Gasteiger partial charge in [-0.2, -0.15) is 0 Å². The molecule has 0 aromatic heterocycles. The fraction of sp³-hybridized carbons (Fsp3) is 0.417. The summed E-state index contributed by atoms with van der Waals surface area (Å²) in [7, 11) is 1.32. The van der Waals surface area contributed by atoms with Crippen LogP contribution in [0.4, 0.5) is 5.69 Å². The van der Waals surface area contributed by atoms with Crippen LogP contribution in [0, 0.1) is 10.5 Å². The van der Waals surface area contributed by atoms with E-state index in [1.54, 1.807) is 6.07 Å². The van der Waals surface area contributed by atoms with Gasteiger partial charge in [0.05, 0.1) is 25.4 Å². The van der Waals surface area contributed by atoms with Crippen molar-refractivity contribution in [2.24, 2.45) is 0 Å². The fourth-order valence-electron chi connectivity index (χ4n) is 1.40. The molecule has 0 spiro atoms. The molecule has 1 aromatic carbocycles. The minimum absolute atomic E-state index is 0.167. The highest BCUT2D eigenvalue weighted by atomic mass is 127. The third-order valence-electron chi connectivity index (χ3n) is 2.44. The Morgan fingerprint density at radius 2 is 2.22 bits per heavy atom. The van der Waals surface area contributed by atoms with E-state index in [9.17, 15) is 9.90 Å². The van der Waals surface area contributed by atoms with Crippen molar-refractivity contribution in [3.05, 3.63) is 26.8 Å². The average Bonchev–Trinajstić information content (AvgIpc) is 2.38. The van der Waals surface area contributed by atoms with Crippen molar-refractivity contribution in [3.8, 4) is 0 Å². The molecule has 0 heterocycles. The van der Waals surface area contributed by atoms with Crippen molar-refractivity contribution in [1.29, 1.82) is 0 Å². The first-order valence-corrected chi connectivity index (χ1v) is 6.48. The number of esters is 1. The van der Waals surface area contributed by atoms with E-state index in [0.29, 0.717) is 11.3 Å². The average molecular weight is 365 g/mol. The maximum Gasteiger partial charge on any atom is 0.339 e. The van der Waals surface area contributed by atoms with Gasteiger partial charge in [-0.25, -0.2) is 4.79 Å². The van der Waals surface area contributed by atoms with E-state index in [1.165, 1.54) is 7.11 Å². The quantitative estimate of drug-likeness (QED) is 0.539. The molecule has 0 aliphatic rings. The molecule has 0 radical (unpaired) electrons. The summed E-state index contributed by atoms with van der Waals surface area (Å²) in [5.41, 5.74) is 2.02. The molecule has 1 aromatic rings. The summed E-state index contributed by atoms with van der Waals surface area (Å²) in [6.07, 6.45) is -0.866. The number of hydrogen-bond acceptors (Lipinski definition) is 5. The lowest BCUT2D eigenvalue weighted by molar-refractivity contribution is 0.0601. The van der Waals surface area contributed by atoms with Gasteiger partial charge >= 0.3 is 5.97 Å². The molecule has 5 nitrogen and oxygen atoms in total. The van der Waals surface area contributed by atoms with Crippen molar-refractivity contribution in [1.82, 2.24) is 0 Å². The predicted molar refractivity (Wildman–Crippen MR) is 76.8 cm³/mol. The number of benzene rings is 1. The van der Waals surface area contributed by atoms with Crippen LogP contribution in [0.2, 0.25) is 0 Å². The Morgan fingerprint density at radius 3 is 2.78 bits per heavy atom. The zero-order valence-corrected chi connectivity index (χ0v) is 12.4. The van der Waals surface area contributed by atoms with Crippen LogP contribution in [-0.4, -0.2) is 42.5 Å². The number of carbonyl (C=O) groups is 1.